The Kier molecular flexibility index (Phi) is 5.38. The number of aliphatic imine (C=N–C) groups is 1. The summed E-state index contributed by atoms with van der Waals surface area (Å²) in [6, 6.07) is 6.52. The minimum atomic E-state index is -0.895. The van der Waals surface area contributed by atoms with Gasteiger partial charge in [-0.1, -0.05) is 0 Å². The third-order valence-electron chi connectivity index (χ3n) is 2.79. The van der Waals surface area contributed by atoms with Crippen molar-refractivity contribution in [1.29, 1.82) is 0 Å². The Balaban J connectivity index is 2.34. The molecule has 0 saturated carbocycles. The van der Waals surface area contributed by atoms with Crippen LogP contribution >= 0.6 is 0 Å². The second-order valence-corrected chi connectivity index (χ2v) is 4.73. The van der Waals surface area contributed by atoms with Crippen LogP contribution in [0.5, 0.6) is 11.8 Å². The summed E-state index contributed by atoms with van der Waals surface area (Å²) in [6.07, 6.45) is 1.00. The summed E-state index contributed by atoms with van der Waals surface area (Å²) in [5.41, 5.74) is 0.644. The maximum atomic E-state index is 12.2. The van der Waals surface area contributed by atoms with Gasteiger partial charge in [0.15, 0.2) is 0 Å². The SMILES string of the molecule is CB(O)Nc1cc(N=CB=O)cc(C(=O)On2c(O)ccc2O)c1. The van der Waals surface area contributed by atoms with E-state index in [1.54, 1.807) is 0 Å². The number of hydrogen-bond donors (Lipinski definition) is 4. The van der Waals surface area contributed by atoms with Gasteiger partial charge in [-0.25, -0.2) is 0 Å². The van der Waals surface area contributed by atoms with Gasteiger partial charge in [-0.05, 0) is 0 Å². The van der Waals surface area contributed by atoms with Crippen molar-refractivity contribution in [2.24, 2.45) is 4.99 Å². The average Bonchev–Trinajstić information content (AvgIpc) is 2.84. The van der Waals surface area contributed by atoms with Crippen LogP contribution in [-0.4, -0.2) is 46.3 Å². The number of rotatable bonds is 6. The molecule has 0 atom stereocenters. The van der Waals surface area contributed by atoms with E-state index in [9.17, 15) is 24.7 Å². The van der Waals surface area contributed by atoms with Gasteiger partial charge < -0.3 is 0 Å². The molecule has 2 rings (SSSR count). The minimum absolute atomic E-state index is 0.0196. The molecule has 0 saturated heterocycles. The fourth-order valence-corrected chi connectivity index (χ4v) is 1.88. The number of carbonyl (C=O) groups is 1. The predicted octanol–water partition coefficient (Wildman–Crippen LogP) is 0.400. The molecule has 4 N–H and O–H groups in total. The molecule has 9 nitrogen and oxygen atoms in total. The summed E-state index contributed by atoms with van der Waals surface area (Å²) >= 11 is 0. The monoisotopic (exact) mass is 329 g/mol. The Labute approximate surface area is 137 Å². The Morgan fingerprint density at radius 2 is 2.00 bits per heavy atom. The number of carbonyl (C=O) groups excluding carboxylic acids is 1. The topological polar surface area (TPSA) is 133 Å². The van der Waals surface area contributed by atoms with Gasteiger partial charge in [-0.2, -0.15) is 0 Å². The van der Waals surface area contributed by atoms with Crippen molar-refractivity contribution in [1.82, 2.24) is 4.73 Å². The quantitative estimate of drug-likeness (QED) is 0.445. The van der Waals surface area contributed by atoms with Crippen molar-refractivity contribution in [2.45, 2.75) is 6.82 Å². The zero-order valence-electron chi connectivity index (χ0n) is 12.6. The van der Waals surface area contributed by atoms with Crippen LogP contribution in [0.25, 0.3) is 0 Å². The molecule has 0 aliphatic carbocycles. The normalized spacial score (nSPS) is 10.4. The molecular weight excluding hydrogens is 316 g/mol. The molecule has 0 spiro atoms. The van der Waals surface area contributed by atoms with Crippen molar-refractivity contribution in [3.05, 3.63) is 35.9 Å². The fourth-order valence-electron chi connectivity index (χ4n) is 1.88. The molecule has 0 aliphatic rings. The molecule has 1 aromatic carbocycles. The number of anilines is 1. The van der Waals surface area contributed by atoms with Crippen LogP contribution in [0.1, 0.15) is 10.4 Å². The molecule has 0 amide bonds. The number of nitrogens with one attached hydrogen (secondary N) is 1. The van der Waals surface area contributed by atoms with E-state index in [2.05, 4.69) is 10.2 Å². The van der Waals surface area contributed by atoms with E-state index in [0.29, 0.717) is 17.6 Å². The van der Waals surface area contributed by atoms with Crippen LogP contribution in [0.2, 0.25) is 6.82 Å². The first-order valence-corrected chi connectivity index (χ1v) is 6.80. The van der Waals surface area contributed by atoms with Crippen molar-refractivity contribution in [3.63, 3.8) is 0 Å². The molecule has 24 heavy (non-hydrogen) atoms. The van der Waals surface area contributed by atoms with E-state index in [0.717, 1.165) is 18.2 Å². The van der Waals surface area contributed by atoms with Crippen LogP contribution in [-0.2, 0) is 4.70 Å². The number of benzene rings is 1. The molecule has 122 valence electrons. The van der Waals surface area contributed by atoms with Gasteiger partial charge in [0.05, 0.1) is 0 Å². The van der Waals surface area contributed by atoms with Gasteiger partial charge >= 0.3 is 137 Å². The molecule has 1 heterocycles. The number of aromatic hydroxyl groups is 2. The van der Waals surface area contributed by atoms with Crippen molar-refractivity contribution < 1.29 is 29.6 Å². The molecule has 2 aromatic rings. The Morgan fingerprint density at radius 1 is 1.33 bits per heavy atom. The number of aromatic nitrogens is 1. The summed E-state index contributed by atoms with van der Waals surface area (Å²) in [5.74, 6) is -1.81. The van der Waals surface area contributed by atoms with Gasteiger partial charge in [-0.15, -0.1) is 0 Å². The third-order valence-corrected chi connectivity index (χ3v) is 2.79. The van der Waals surface area contributed by atoms with Gasteiger partial charge in [-0.3, -0.25) is 0 Å². The van der Waals surface area contributed by atoms with Crippen LogP contribution in [0.15, 0.2) is 35.3 Å². The van der Waals surface area contributed by atoms with Gasteiger partial charge in [0.1, 0.15) is 0 Å². The van der Waals surface area contributed by atoms with E-state index in [1.165, 1.54) is 25.0 Å². The Hall–Kier alpha value is -3.07. The fraction of sp³-hybridized carbons (Fsp3) is 0.0769. The van der Waals surface area contributed by atoms with Gasteiger partial charge in [0.25, 0.3) is 0 Å². The number of nitrogens with zero attached hydrogens (tertiary/aromatic N) is 2. The zero-order valence-corrected chi connectivity index (χ0v) is 12.6. The van der Waals surface area contributed by atoms with E-state index < -0.39 is 24.8 Å². The first-order valence-electron chi connectivity index (χ1n) is 6.80. The van der Waals surface area contributed by atoms with Crippen molar-refractivity contribution in [3.8, 4) is 11.8 Å². The molecule has 0 fully saturated rings. The molecule has 0 unspecified atom stereocenters. The molecular formula is C13H13B2N3O6. The second-order valence-electron chi connectivity index (χ2n) is 4.73. The van der Waals surface area contributed by atoms with E-state index in [4.69, 9.17) is 4.84 Å². The average molecular weight is 329 g/mol. The Bertz CT molecular complexity index is 771. The molecule has 0 aliphatic heterocycles. The van der Waals surface area contributed by atoms with Crippen molar-refractivity contribution in [2.75, 3.05) is 5.23 Å². The summed E-state index contributed by atoms with van der Waals surface area (Å²) < 4.78 is 10.9. The maximum absolute atomic E-state index is 12.2. The molecule has 1 aromatic heterocycles. The van der Waals surface area contributed by atoms with E-state index >= 15 is 0 Å². The standard InChI is InChI=1S/C13H13B2N3O6/c1-15(23)17-10-5-8(4-9(6-10)16-7-14-22)13(21)24-18-11(19)2-3-12(18)20/h2-7,17,19-20,23H,1H3. The third kappa shape index (κ3) is 4.23. The van der Waals surface area contributed by atoms with Crippen LogP contribution in [0.3, 0.4) is 0 Å². The molecule has 0 radical (unpaired) electrons. The molecule has 11 heteroatoms. The van der Waals surface area contributed by atoms with Crippen LogP contribution in [0.4, 0.5) is 11.4 Å². The van der Waals surface area contributed by atoms with Gasteiger partial charge in [0, 0.05) is 0 Å². The summed E-state index contributed by atoms with van der Waals surface area (Å²) in [5, 5.41) is 31.0. The molecule has 0 bridgehead atoms. The Morgan fingerprint density at radius 3 is 2.58 bits per heavy atom. The number of hydrogen-bond acceptors (Lipinski definition) is 8. The van der Waals surface area contributed by atoms with E-state index in [1.807, 2.05) is 0 Å². The van der Waals surface area contributed by atoms with E-state index in [-0.39, 0.29) is 11.3 Å². The van der Waals surface area contributed by atoms with Gasteiger partial charge in [0.2, 0.25) is 0 Å². The first kappa shape index (κ1) is 17.3. The van der Waals surface area contributed by atoms with Crippen LogP contribution in [0, 0.1) is 0 Å². The van der Waals surface area contributed by atoms with Crippen molar-refractivity contribution >= 4 is 37.7 Å². The summed E-state index contributed by atoms with van der Waals surface area (Å²) in [6.45, 7) is 1.48. The summed E-state index contributed by atoms with van der Waals surface area (Å²) in [7, 11) is -0.417. The second kappa shape index (κ2) is 7.47. The zero-order chi connectivity index (χ0) is 17.7. The predicted molar refractivity (Wildman–Crippen MR) is 87.2 cm³/mol. The first-order chi connectivity index (χ1) is 11.4. The van der Waals surface area contributed by atoms with Crippen LogP contribution < -0.4 is 10.1 Å². The summed E-state index contributed by atoms with van der Waals surface area (Å²) in [4.78, 5) is 20.9.